The molecule has 3 aromatic carbocycles. The van der Waals surface area contributed by atoms with Crippen LogP contribution in [-0.2, 0) is 10.2 Å². The van der Waals surface area contributed by atoms with Gasteiger partial charge < -0.3 is 21.3 Å². The molecule has 2 unspecified atom stereocenters. The zero-order valence-corrected chi connectivity index (χ0v) is 25.2. The second-order valence-electron chi connectivity index (χ2n) is 12.9. The summed E-state index contributed by atoms with van der Waals surface area (Å²) < 4.78 is 15.0. The molecule has 2 aliphatic rings. The number of benzene rings is 3. The zero-order chi connectivity index (χ0) is 30.0. The van der Waals surface area contributed by atoms with Crippen LogP contribution < -0.4 is 16.4 Å². The fraction of sp³-hybridized carbons (Fsp3) is 0.429. The van der Waals surface area contributed by atoms with E-state index >= 15 is 4.39 Å². The summed E-state index contributed by atoms with van der Waals surface area (Å²) in [5.41, 5.74) is 10.8. The highest BCUT2D eigenvalue weighted by molar-refractivity contribution is 5.99. The van der Waals surface area contributed by atoms with Crippen molar-refractivity contribution in [1.29, 1.82) is 0 Å². The van der Waals surface area contributed by atoms with E-state index in [1.165, 1.54) is 18.9 Å². The molecule has 2 atom stereocenters. The number of carbonyl (C=O) groups is 2. The van der Waals surface area contributed by atoms with Gasteiger partial charge in [-0.1, -0.05) is 63.9 Å². The van der Waals surface area contributed by atoms with Crippen LogP contribution in [0.15, 0.2) is 60.7 Å². The van der Waals surface area contributed by atoms with Crippen LogP contribution in [0.3, 0.4) is 0 Å². The van der Waals surface area contributed by atoms with Crippen LogP contribution in [0.1, 0.15) is 92.4 Å². The highest BCUT2D eigenvalue weighted by Crippen LogP contribution is 2.40. The van der Waals surface area contributed by atoms with Crippen molar-refractivity contribution in [3.8, 4) is 0 Å². The average Bonchev–Trinajstić information content (AvgIpc) is 3.46. The van der Waals surface area contributed by atoms with Crippen LogP contribution in [0, 0.1) is 18.7 Å². The molecule has 4 N–H and O–H groups in total. The van der Waals surface area contributed by atoms with Gasteiger partial charge in [-0.2, -0.15) is 0 Å². The fourth-order valence-corrected chi connectivity index (χ4v) is 6.40. The highest BCUT2D eigenvalue weighted by Gasteiger charge is 2.40. The molecule has 1 saturated carbocycles. The predicted octanol–water partition coefficient (Wildman–Crippen LogP) is 7.60. The van der Waals surface area contributed by atoms with Gasteiger partial charge in [-0.15, -0.1) is 0 Å². The summed E-state index contributed by atoms with van der Waals surface area (Å²) >= 11 is 0. The number of hydrogen-bond acceptors (Lipinski definition) is 4. The number of halogens is 1. The van der Waals surface area contributed by atoms with Gasteiger partial charge in [0, 0.05) is 18.3 Å². The molecular formula is C35H43FN4O2. The first-order valence-corrected chi connectivity index (χ1v) is 15.2. The van der Waals surface area contributed by atoms with Crippen molar-refractivity contribution in [2.75, 3.05) is 22.9 Å². The Morgan fingerprint density at radius 1 is 0.952 bits per heavy atom. The quantitative estimate of drug-likeness (QED) is 0.266. The van der Waals surface area contributed by atoms with Crippen LogP contribution >= 0.6 is 0 Å². The summed E-state index contributed by atoms with van der Waals surface area (Å²) in [7, 11) is 0. The molecule has 0 radical (unpaired) electrons. The Morgan fingerprint density at radius 2 is 1.67 bits per heavy atom. The number of aryl methyl sites for hydroxylation is 1. The van der Waals surface area contributed by atoms with E-state index in [0.29, 0.717) is 42.4 Å². The van der Waals surface area contributed by atoms with Gasteiger partial charge in [-0.25, -0.2) is 4.39 Å². The van der Waals surface area contributed by atoms with E-state index < -0.39 is 23.7 Å². The van der Waals surface area contributed by atoms with E-state index in [-0.39, 0.29) is 16.9 Å². The van der Waals surface area contributed by atoms with Crippen LogP contribution in [0.2, 0.25) is 0 Å². The van der Waals surface area contributed by atoms with Gasteiger partial charge in [0.15, 0.2) is 0 Å². The molecule has 5 rings (SSSR count). The van der Waals surface area contributed by atoms with E-state index in [0.717, 1.165) is 29.7 Å². The second-order valence-corrected chi connectivity index (χ2v) is 12.9. The van der Waals surface area contributed by atoms with Gasteiger partial charge >= 0.3 is 0 Å². The Bertz CT molecular complexity index is 1420. The number of amides is 2. The molecule has 0 bridgehead atoms. The van der Waals surface area contributed by atoms with Gasteiger partial charge in [-0.3, -0.25) is 9.59 Å². The number of carbonyl (C=O) groups excluding carboxylic acids is 2. The summed E-state index contributed by atoms with van der Waals surface area (Å²) in [6, 6.07) is 18.4. The maximum Gasteiger partial charge on any atom is 0.257 e. The number of anilines is 3. The van der Waals surface area contributed by atoms with Crippen LogP contribution in [-0.4, -0.2) is 29.3 Å². The van der Waals surface area contributed by atoms with Gasteiger partial charge in [0.2, 0.25) is 5.91 Å². The Morgan fingerprint density at radius 3 is 2.33 bits per heavy atom. The van der Waals surface area contributed by atoms with Crippen LogP contribution in [0.25, 0.3) is 0 Å². The van der Waals surface area contributed by atoms with E-state index in [2.05, 4.69) is 31.4 Å². The molecule has 2 fully saturated rings. The third-order valence-electron chi connectivity index (χ3n) is 8.82. The molecule has 7 heteroatoms. The molecule has 1 aliphatic heterocycles. The molecule has 0 spiro atoms. The zero-order valence-electron chi connectivity index (χ0n) is 25.2. The first kappa shape index (κ1) is 29.6. The largest absolute Gasteiger partial charge is 0.397 e. The molecular weight excluding hydrogens is 527 g/mol. The van der Waals surface area contributed by atoms with Crippen molar-refractivity contribution in [2.24, 2.45) is 5.92 Å². The van der Waals surface area contributed by atoms with Crippen molar-refractivity contribution in [3.63, 3.8) is 0 Å². The number of hydrogen-bond donors (Lipinski definition) is 3. The second kappa shape index (κ2) is 12.2. The standard InChI is InChI=1S/C35H43FN4O2/c1-22-9-7-13-28(36)31(22)34(42)40-20-8-12-27(33(41)39-30-21-24(35(2,3)4)16-19-29(30)37)32(40)23-14-17-26(18-15-23)38-25-10-5-6-11-25/h7,9,13-19,21,25,27,32,38H,5-6,8,10-12,20,37H2,1-4H3,(H,39,41). The molecule has 1 saturated heterocycles. The number of nitrogens with zero attached hydrogens (tertiary/aromatic N) is 1. The van der Waals surface area contributed by atoms with Crippen molar-refractivity contribution < 1.29 is 14.0 Å². The lowest BCUT2D eigenvalue weighted by molar-refractivity contribution is -0.123. The normalized spacial score (nSPS) is 19.5. The molecule has 6 nitrogen and oxygen atoms in total. The summed E-state index contributed by atoms with van der Waals surface area (Å²) in [5, 5.41) is 6.70. The lowest BCUT2D eigenvalue weighted by Crippen LogP contribution is -2.46. The van der Waals surface area contributed by atoms with Crippen molar-refractivity contribution >= 4 is 28.9 Å². The minimum atomic E-state index is -0.558. The monoisotopic (exact) mass is 570 g/mol. The number of nitrogens with one attached hydrogen (secondary N) is 2. The topological polar surface area (TPSA) is 87.5 Å². The van der Waals surface area contributed by atoms with E-state index in [9.17, 15) is 9.59 Å². The van der Waals surface area contributed by atoms with Gasteiger partial charge in [-0.05, 0) is 85.0 Å². The van der Waals surface area contributed by atoms with Crippen LogP contribution in [0.4, 0.5) is 21.5 Å². The number of nitrogen functional groups attached to an aromatic ring is 1. The lowest BCUT2D eigenvalue weighted by atomic mass is 9.83. The van der Waals surface area contributed by atoms with E-state index in [1.54, 1.807) is 24.0 Å². The molecule has 1 aliphatic carbocycles. The minimum Gasteiger partial charge on any atom is -0.397 e. The number of likely N-dealkylation sites (tertiary alicyclic amines) is 1. The average molecular weight is 571 g/mol. The number of rotatable bonds is 6. The van der Waals surface area contributed by atoms with E-state index in [4.69, 9.17) is 5.73 Å². The van der Waals surface area contributed by atoms with Gasteiger partial charge in [0.05, 0.1) is 28.9 Å². The fourth-order valence-electron chi connectivity index (χ4n) is 6.40. The predicted molar refractivity (Wildman–Crippen MR) is 168 cm³/mol. The molecule has 3 aromatic rings. The first-order valence-electron chi connectivity index (χ1n) is 15.2. The van der Waals surface area contributed by atoms with Gasteiger partial charge in [0.1, 0.15) is 5.82 Å². The van der Waals surface area contributed by atoms with Crippen LogP contribution in [0.5, 0.6) is 0 Å². The van der Waals surface area contributed by atoms with Crippen molar-refractivity contribution in [2.45, 2.75) is 83.7 Å². The maximum atomic E-state index is 15.0. The molecule has 0 aromatic heterocycles. The Hall–Kier alpha value is -3.87. The number of nitrogens with two attached hydrogens (primary N) is 1. The smallest absolute Gasteiger partial charge is 0.257 e. The molecule has 222 valence electrons. The van der Waals surface area contributed by atoms with E-state index in [1.807, 2.05) is 42.5 Å². The summed E-state index contributed by atoms with van der Waals surface area (Å²) in [5.74, 6) is -1.68. The Kier molecular flexibility index (Phi) is 8.58. The summed E-state index contributed by atoms with van der Waals surface area (Å²) in [6.07, 6.45) is 6.03. The van der Waals surface area contributed by atoms with Crippen molar-refractivity contribution in [1.82, 2.24) is 4.90 Å². The SMILES string of the molecule is Cc1cccc(F)c1C(=O)N1CCCC(C(=O)Nc2cc(C(C)(C)C)ccc2N)C1c1ccc(NC2CCCC2)cc1. The summed E-state index contributed by atoms with van der Waals surface area (Å²) in [4.78, 5) is 29.7. The number of piperidine rings is 1. The minimum absolute atomic E-state index is 0.0604. The Balaban J connectivity index is 1.49. The molecule has 1 heterocycles. The Labute approximate surface area is 248 Å². The molecule has 2 amide bonds. The highest BCUT2D eigenvalue weighted by atomic mass is 19.1. The van der Waals surface area contributed by atoms with Crippen molar-refractivity contribution in [3.05, 3.63) is 88.7 Å². The van der Waals surface area contributed by atoms with Gasteiger partial charge in [0.25, 0.3) is 5.91 Å². The molecule has 42 heavy (non-hydrogen) atoms. The maximum absolute atomic E-state index is 15.0. The third kappa shape index (κ3) is 6.30. The summed E-state index contributed by atoms with van der Waals surface area (Å²) in [6.45, 7) is 8.51. The lowest BCUT2D eigenvalue weighted by Gasteiger charge is -2.41. The third-order valence-corrected chi connectivity index (χ3v) is 8.82. The first-order chi connectivity index (χ1) is 20.0.